The number of rotatable bonds is 4. The second-order valence-corrected chi connectivity index (χ2v) is 11.9. The molecule has 0 atom stereocenters. The van der Waals surface area contributed by atoms with E-state index in [9.17, 15) is 5.48 Å². The van der Waals surface area contributed by atoms with Gasteiger partial charge in [0.1, 0.15) is 11.3 Å². The molecule has 1 heterocycles. The smallest absolute Gasteiger partial charge is 0.143 e. The molecule has 1 nitrogen and oxygen atoms in total. The molecular weight excluding hydrogens is 593 g/mol. The van der Waals surface area contributed by atoms with Crippen molar-refractivity contribution < 1.29 is 22.2 Å². The van der Waals surface area contributed by atoms with Crippen molar-refractivity contribution in [3.63, 3.8) is 0 Å². The molecule has 0 spiro atoms. The average Bonchev–Trinajstić information content (AvgIpc) is 3.68. The minimum absolute atomic E-state index is 0.00249. The van der Waals surface area contributed by atoms with Crippen LogP contribution < -0.4 is 0 Å². The Morgan fingerprint density at radius 3 is 1.71 bits per heavy atom. The maximum Gasteiger partial charge on any atom is 0.143 e. The number of hydrogen-bond acceptors (Lipinski definition) is 1. The standard InChI is InChI=1S/C48H30O/c1-3-13-31(14-4-1)34-26-28-44-43(30-34)47(48(49-44)36-25-27-38-35(29-36)24-23-32-15-7-8-18-37(32)38)46-41-21-11-9-19-39(41)45(33-16-5-2-6-17-33)40-20-10-12-22-42(40)46/h1-30H/i2D,5D,6D,9D,10D,11D,12D,16D,17D,19D,20D,21D,22D. The van der Waals surface area contributed by atoms with Gasteiger partial charge in [-0.15, -0.1) is 0 Å². The summed E-state index contributed by atoms with van der Waals surface area (Å²) in [7, 11) is 0. The highest BCUT2D eigenvalue weighted by Gasteiger charge is 2.24. The van der Waals surface area contributed by atoms with Crippen molar-refractivity contribution in [2.45, 2.75) is 0 Å². The van der Waals surface area contributed by atoms with E-state index >= 15 is 0 Å². The lowest BCUT2D eigenvalue weighted by Gasteiger charge is -2.18. The molecule has 0 amide bonds. The lowest BCUT2D eigenvalue weighted by Crippen LogP contribution is -1.91. The first-order valence-corrected chi connectivity index (χ1v) is 15.8. The van der Waals surface area contributed by atoms with Gasteiger partial charge in [0.2, 0.25) is 0 Å². The van der Waals surface area contributed by atoms with Gasteiger partial charge in [-0.25, -0.2) is 0 Å². The van der Waals surface area contributed by atoms with E-state index in [-0.39, 0.29) is 44.0 Å². The van der Waals surface area contributed by atoms with Crippen molar-refractivity contribution in [2.24, 2.45) is 0 Å². The summed E-state index contributed by atoms with van der Waals surface area (Å²) in [6.07, 6.45) is 0. The molecule has 10 aromatic rings. The molecule has 49 heavy (non-hydrogen) atoms. The first-order valence-electron chi connectivity index (χ1n) is 22.3. The summed E-state index contributed by atoms with van der Waals surface area (Å²) in [5.74, 6) is 0.248. The molecule has 228 valence electrons. The highest BCUT2D eigenvalue weighted by Crippen LogP contribution is 2.50. The molecule has 1 aromatic heterocycles. The Balaban J connectivity index is 1.48. The monoisotopic (exact) mass is 635 g/mol. The van der Waals surface area contributed by atoms with Gasteiger partial charge < -0.3 is 4.42 Å². The van der Waals surface area contributed by atoms with Gasteiger partial charge >= 0.3 is 0 Å². The minimum atomic E-state index is -0.728. The summed E-state index contributed by atoms with van der Waals surface area (Å²) in [5, 5.41) is 3.45. The largest absolute Gasteiger partial charge is 0.455 e. The van der Waals surface area contributed by atoms with Gasteiger partial charge in [0.25, 0.3) is 0 Å². The maximum atomic E-state index is 9.58. The molecule has 0 saturated carbocycles. The Hall–Kier alpha value is -6.44. The van der Waals surface area contributed by atoms with E-state index in [0.717, 1.165) is 32.7 Å². The second-order valence-electron chi connectivity index (χ2n) is 11.9. The highest BCUT2D eigenvalue weighted by atomic mass is 16.3. The van der Waals surface area contributed by atoms with Crippen LogP contribution >= 0.6 is 0 Å². The van der Waals surface area contributed by atoms with Gasteiger partial charge in [-0.3, -0.25) is 0 Å². The Bertz CT molecular complexity index is 3510. The molecule has 0 unspecified atom stereocenters. The number of hydrogen-bond donors (Lipinski definition) is 0. The van der Waals surface area contributed by atoms with Crippen LogP contribution in [0.4, 0.5) is 0 Å². The molecule has 9 aromatic carbocycles. The number of fused-ring (bicyclic) bond motifs is 6. The van der Waals surface area contributed by atoms with Crippen LogP contribution in [0.3, 0.4) is 0 Å². The van der Waals surface area contributed by atoms with Crippen LogP contribution in [-0.2, 0) is 0 Å². The van der Waals surface area contributed by atoms with Crippen LogP contribution in [0.2, 0.25) is 0 Å². The molecule has 10 rings (SSSR count). The summed E-state index contributed by atoms with van der Waals surface area (Å²) in [4.78, 5) is 0. The van der Waals surface area contributed by atoms with Gasteiger partial charge in [0.15, 0.2) is 0 Å². The Labute approximate surface area is 302 Å². The van der Waals surface area contributed by atoms with Gasteiger partial charge in [0, 0.05) is 22.1 Å². The summed E-state index contributed by atoms with van der Waals surface area (Å²) >= 11 is 0. The van der Waals surface area contributed by atoms with E-state index in [0.29, 0.717) is 16.5 Å². The quantitative estimate of drug-likeness (QED) is 0.139. The van der Waals surface area contributed by atoms with Gasteiger partial charge in [-0.05, 0) is 83.5 Å². The van der Waals surface area contributed by atoms with E-state index < -0.39 is 84.1 Å². The van der Waals surface area contributed by atoms with E-state index in [1.807, 2.05) is 97.1 Å². The van der Waals surface area contributed by atoms with Crippen molar-refractivity contribution in [3.05, 3.63) is 182 Å². The molecule has 0 aliphatic heterocycles. The summed E-state index contributed by atoms with van der Waals surface area (Å²) in [6.45, 7) is 0. The van der Waals surface area contributed by atoms with E-state index in [1.54, 1.807) is 6.07 Å². The van der Waals surface area contributed by atoms with Crippen LogP contribution in [-0.4, -0.2) is 0 Å². The van der Waals surface area contributed by atoms with Crippen LogP contribution in [0, 0.1) is 0 Å². The van der Waals surface area contributed by atoms with E-state index in [4.69, 9.17) is 16.8 Å². The molecular formula is C48H30O. The van der Waals surface area contributed by atoms with Gasteiger partial charge in [0.05, 0.1) is 17.8 Å². The molecule has 0 aliphatic carbocycles. The van der Waals surface area contributed by atoms with Crippen molar-refractivity contribution in [1.29, 1.82) is 0 Å². The third-order valence-corrected chi connectivity index (χ3v) is 9.18. The molecule has 0 saturated heterocycles. The van der Waals surface area contributed by atoms with Gasteiger partial charge in [-0.1, -0.05) is 163 Å². The van der Waals surface area contributed by atoms with Crippen LogP contribution in [0.1, 0.15) is 17.8 Å². The normalized spacial score (nSPS) is 15.4. The molecule has 1 heteroatoms. The molecule has 0 aliphatic rings. The molecule has 0 radical (unpaired) electrons. The predicted molar refractivity (Wildman–Crippen MR) is 208 cm³/mol. The van der Waals surface area contributed by atoms with Gasteiger partial charge in [-0.2, -0.15) is 0 Å². The average molecular weight is 636 g/mol. The lowest BCUT2D eigenvalue weighted by atomic mass is 9.84. The third kappa shape index (κ3) is 4.40. The minimum Gasteiger partial charge on any atom is -0.455 e. The zero-order chi connectivity index (χ0) is 43.6. The predicted octanol–water partition coefficient (Wildman–Crippen LogP) is 13.7. The van der Waals surface area contributed by atoms with Crippen LogP contribution in [0.25, 0.3) is 98.8 Å². The number of benzene rings is 9. The summed E-state index contributed by atoms with van der Waals surface area (Å²) < 4.78 is 124. The fraction of sp³-hybridized carbons (Fsp3) is 0. The van der Waals surface area contributed by atoms with Crippen LogP contribution in [0.5, 0.6) is 0 Å². The summed E-state index contributed by atoms with van der Waals surface area (Å²) in [6, 6.07) is 24.2. The van der Waals surface area contributed by atoms with Crippen molar-refractivity contribution in [1.82, 2.24) is 0 Å². The topological polar surface area (TPSA) is 13.1 Å². The maximum absolute atomic E-state index is 9.58. The van der Waals surface area contributed by atoms with Crippen LogP contribution in [0.15, 0.2) is 186 Å². The zero-order valence-corrected chi connectivity index (χ0v) is 25.7. The van der Waals surface area contributed by atoms with Crippen molar-refractivity contribution in [2.75, 3.05) is 0 Å². The SMILES string of the molecule is [2H]c1c([2H])c([2H])c(-c2c3c([2H])c([2H])c([2H])c([2H])c3c(-c3c(-c4ccc5c(ccc6ccccc65)c4)oc4ccc(-c5ccccc5)cc34)c3c([2H])c([2H])c([2H])c([2H])c23)c([2H])c1[2H]. The summed E-state index contributed by atoms with van der Waals surface area (Å²) in [5.41, 5.74) is 2.03. The van der Waals surface area contributed by atoms with Crippen molar-refractivity contribution in [3.8, 4) is 44.7 Å². The fourth-order valence-corrected chi connectivity index (χ4v) is 7.01. The fourth-order valence-electron chi connectivity index (χ4n) is 7.01. The first-order chi connectivity index (χ1) is 29.7. The Morgan fingerprint density at radius 1 is 0.347 bits per heavy atom. The second kappa shape index (κ2) is 11.1. The zero-order valence-electron chi connectivity index (χ0n) is 38.7. The Morgan fingerprint density at radius 2 is 0.959 bits per heavy atom. The van der Waals surface area contributed by atoms with Crippen molar-refractivity contribution >= 4 is 54.1 Å². The first kappa shape index (κ1) is 17.6. The molecule has 0 bridgehead atoms. The molecule has 0 N–H and O–H groups in total. The lowest BCUT2D eigenvalue weighted by molar-refractivity contribution is 0.632. The van der Waals surface area contributed by atoms with E-state index in [2.05, 4.69) is 0 Å². The van der Waals surface area contributed by atoms with E-state index in [1.165, 1.54) is 0 Å². The molecule has 0 fully saturated rings. The third-order valence-electron chi connectivity index (χ3n) is 9.18. The highest BCUT2D eigenvalue weighted by molar-refractivity contribution is 6.25. The number of furan rings is 1. The Kier molecular flexibility index (Phi) is 3.99.